The quantitative estimate of drug-likeness (QED) is 0.427. The van der Waals surface area contributed by atoms with Gasteiger partial charge >= 0.3 is 0 Å². The number of hydrogen-bond donors (Lipinski definition) is 0. The molecule has 0 aromatic rings. The molecule has 0 N–H and O–H groups in total. The van der Waals surface area contributed by atoms with Crippen molar-refractivity contribution < 1.29 is 0 Å². The minimum atomic E-state index is 0.625. The molecule has 0 unspecified atom stereocenters. The van der Waals surface area contributed by atoms with Crippen LogP contribution < -0.4 is 0 Å². The van der Waals surface area contributed by atoms with E-state index in [0.29, 0.717) is 10.8 Å². The third-order valence-corrected chi connectivity index (χ3v) is 10.4. The minimum absolute atomic E-state index is 0.625. The lowest BCUT2D eigenvalue weighted by molar-refractivity contribution is -0.101. The third kappa shape index (κ3) is 3.36. The normalized spacial score (nSPS) is 47.4. The Balaban J connectivity index is 1.47. The molecule has 0 radical (unpaired) electrons. The van der Waals surface area contributed by atoms with Crippen LogP contribution in [0.4, 0.5) is 0 Å². The van der Waals surface area contributed by atoms with Crippen molar-refractivity contribution in [2.75, 3.05) is 0 Å². The van der Waals surface area contributed by atoms with Crippen LogP contribution >= 0.6 is 0 Å². The highest BCUT2D eigenvalue weighted by Crippen LogP contribution is 2.68. The van der Waals surface area contributed by atoms with Crippen molar-refractivity contribution in [2.45, 2.75) is 105 Å². The molecule has 0 amide bonds. The third-order valence-electron chi connectivity index (χ3n) is 10.4. The van der Waals surface area contributed by atoms with Crippen molar-refractivity contribution in [2.24, 2.45) is 52.3 Å². The highest BCUT2D eigenvalue weighted by Gasteiger charge is 2.59. The van der Waals surface area contributed by atoms with Gasteiger partial charge in [0.15, 0.2) is 0 Å². The Hall–Kier alpha value is -0.260. The van der Waals surface area contributed by atoms with E-state index in [0.717, 1.165) is 41.4 Å². The zero-order valence-electron chi connectivity index (χ0n) is 19.0. The highest BCUT2D eigenvalue weighted by molar-refractivity contribution is 5.12. The van der Waals surface area contributed by atoms with Crippen LogP contribution in [0.5, 0.6) is 0 Å². The smallest absolute Gasteiger partial charge is 0.0229 e. The van der Waals surface area contributed by atoms with Crippen molar-refractivity contribution in [1.29, 1.82) is 0 Å². The van der Waals surface area contributed by atoms with Gasteiger partial charge in [0.05, 0.1) is 0 Å². The topological polar surface area (TPSA) is 0 Å². The lowest BCUT2D eigenvalue weighted by Crippen LogP contribution is -2.52. The Morgan fingerprint density at radius 1 is 0.852 bits per heavy atom. The van der Waals surface area contributed by atoms with E-state index in [9.17, 15) is 0 Å². The van der Waals surface area contributed by atoms with Gasteiger partial charge in [0.25, 0.3) is 0 Å². The van der Waals surface area contributed by atoms with Crippen LogP contribution in [-0.2, 0) is 0 Å². The summed E-state index contributed by atoms with van der Waals surface area (Å²) >= 11 is 0. The lowest BCUT2D eigenvalue weighted by atomic mass is 9.45. The second-order valence-electron chi connectivity index (χ2n) is 12.1. The predicted molar refractivity (Wildman–Crippen MR) is 118 cm³/mol. The second kappa shape index (κ2) is 7.53. The van der Waals surface area contributed by atoms with Gasteiger partial charge in [-0.3, -0.25) is 0 Å². The standard InChI is InChI=1S/C27H46/c1-19(2)9-8-10-20(3)23-14-15-24-22-13-12-21-11-6-7-17-26(21,4)25(22)16-18-27(23,24)5/h6-7,19-25H,8-18H2,1-5H3/t20-,21-,22+,23+,24-,25-,26+,27+/m1/s1. The van der Waals surface area contributed by atoms with E-state index >= 15 is 0 Å². The summed E-state index contributed by atoms with van der Waals surface area (Å²) in [5.41, 5.74) is 1.28. The summed E-state index contributed by atoms with van der Waals surface area (Å²) in [6.07, 6.45) is 21.3. The summed E-state index contributed by atoms with van der Waals surface area (Å²) in [5.74, 6) is 6.92. The van der Waals surface area contributed by atoms with Crippen LogP contribution in [-0.4, -0.2) is 0 Å². The van der Waals surface area contributed by atoms with Gasteiger partial charge in [-0.1, -0.05) is 66.0 Å². The van der Waals surface area contributed by atoms with Gasteiger partial charge < -0.3 is 0 Å². The molecule has 8 atom stereocenters. The zero-order valence-corrected chi connectivity index (χ0v) is 19.0. The SMILES string of the molecule is CC(C)CCC[C@@H](C)[C@@H]1CC[C@@H]2[C@@H]3CC[C@H]4CC=CC[C@]4(C)[C@@H]3CC[C@]21C. The van der Waals surface area contributed by atoms with Crippen molar-refractivity contribution >= 4 is 0 Å². The fourth-order valence-corrected chi connectivity index (χ4v) is 8.86. The van der Waals surface area contributed by atoms with Gasteiger partial charge in [0.1, 0.15) is 0 Å². The predicted octanol–water partition coefficient (Wildman–Crippen LogP) is 8.27. The first-order chi connectivity index (χ1) is 12.9. The average Bonchev–Trinajstić information content (AvgIpc) is 2.98. The molecule has 0 heteroatoms. The molecule has 27 heavy (non-hydrogen) atoms. The number of allylic oxidation sites excluding steroid dienone is 2. The van der Waals surface area contributed by atoms with Crippen LogP contribution in [0.15, 0.2) is 12.2 Å². The number of hydrogen-bond acceptors (Lipinski definition) is 0. The Morgan fingerprint density at radius 2 is 1.63 bits per heavy atom. The van der Waals surface area contributed by atoms with E-state index < -0.39 is 0 Å². The summed E-state index contributed by atoms with van der Waals surface area (Å²) in [5, 5.41) is 0. The van der Waals surface area contributed by atoms with Crippen molar-refractivity contribution in [3.05, 3.63) is 12.2 Å². The van der Waals surface area contributed by atoms with Gasteiger partial charge in [-0.25, -0.2) is 0 Å². The van der Waals surface area contributed by atoms with Crippen LogP contribution in [0.25, 0.3) is 0 Å². The number of rotatable bonds is 5. The summed E-state index contributed by atoms with van der Waals surface area (Å²) in [6, 6.07) is 0. The van der Waals surface area contributed by atoms with Gasteiger partial charge in [0.2, 0.25) is 0 Å². The molecule has 0 heterocycles. The second-order valence-corrected chi connectivity index (χ2v) is 12.1. The average molecular weight is 371 g/mol. The summed E-state index contributed by atoms with van der Waals surface area (Å²) in [7, 11) is 0. The highest BCUT2D eigenvalue weighted by atomic mass is 14.6. The monoisotopic (exact) mass is 370 g/mol. The lowest BCUT2D eigenvalue weighted by Gasteiger charge is -2.60. The molecule has 4 rings (SSSR count). The molecule has 4 aliphatic rings. The largest absolute Gasteiger partial charge is 0.0882 e. The number of fused-ring (bicyclic) bond motifs is 5. The maximum absolute atomic E-state index is 2.74. The first-order valence-corrected chi connectivity index (χ1v) is 12.5. The minimum Gasteiger partial charge on any atom is -0.0882 e. The van der Waals surface area contributed by atoms with Gasteiger partial charge in [-0.2, -0.15) is 0 Å². The van der Waals surface area contributed by atoms with E-state index in [4.69, 9.17) is 0 Å². The molecule has 3 saturated carbocycles. The summed E-state index contributed by atoms with van der Waals surface area (Å²) < 4.78 is 0. The maximum Gasteiger partial charge on any atom is -0.0229 e. The first-order valence-electron chi connectivity index (χ1n) is 12.5. The molecule has 0 spiro atoms. The van der Waals surface area contributed by atoms with E-state index in [1.165, 1.54) is 57.8 Å². The van der Waals surface area contributed by atoms with Crippen LogP contribution in [0.1, 0.15) is 105 Å². The molecule has 0 aromatic heterocycles. The molecule has 4 aliphatic carbocycles. The van der Waals surface area contributed by atoms with Crippen molar-refractivity contribution in [3.63, 3.8) is 0 Å². The van der Waals surface area contributed by atoms with Gasteiger partial charge in [-0.15, -0.1) is 0 Å². The summed E-state index contributed by atoms with van der Waals surface area (Å²) in [6.45, 7) is 12.8. The molecular weight excluding hydrogens is 324 g/mol. The molecule has 154 valence electrons. The summed E-state index contributed by atoms with van der Waals surface area (Å²) in [4.78, 5) is 0. The van der Waals surface area contributed by atoms with Gasteiger partial charge in [-0.05, 0) is 104 Å². The van der Waals surface area contributed by atoms with E-state index in [1.54, 1.807) is 12.8 Å². The Kier molecular flexibility index (Phi) is 5.59. The van der Waals surface area contributed by atoms with Crippen molar-refractivity contribution in [3.8, 4) is 0 Å². The zero-order chi connectivity index (χ0) is 19.2. The van der Waals surface area contributed by atoms with Crippen LogP contribution in [0.3, 0.4) is 0 Å². The molecule has 3 fully saturated rings. The Labute approximate surface area is 170 Å². The Morgan fingerprint density at radius 3 is 2.41 bits per heavy atom. The molecular formula is C27H46. The maximum atomic E-state index is 2.74. The fraction of sp³-hybridized carbons (Fsp3) is 0.926. The van der Waals surface area contributed by atoms with Crippen molar-refractivity contribution in [1.82, 2.24) is 0 Å². The fourth-order valence-electron chi connectivity index (χ4n) is 8.86. The molecule has 0 aliphatic heterocycles. The van der Waals surface area contributed by atoms with E-state index in [2.05, 4.69) is 46.8 Å². The Bertz CT molecular complexity index is 544. The first kappa shape index (κ1) is 20.0. The molecule has 0 saturated heterocycles. The van der Waals surface area contributed by atoms with Crippen LogP contribution in [0, 0.1) is 52.3 Å². The molecule has 0 aromatic carbocycles. The molecule has 0 nitrogen and oxygen atoms in total. The van der Waals surface area contributed by atoms with E-state index in [-0.39, 0.29) is 0 Å². The van der Waals surface area contributed by atoms with Crippen LogP contribution in [0.2, 0.25) is 0 Å². The van der Waals surface area contributed by atoms with E-state index in [1.807, 2.05) is 0 Å². The molecule has 0 bridgehead atoms. The van der Waals surface area contributed by atoms with Gasteiger partial charge in [0, 0.05) is 0 Å².